The number of carbonyl (C=O) groups excluding carboxylic acids is 1. The van der Waals surface area contributed by atoms with Crippen LogP contribution in [-0.4, -0.2) is 38.9 Å². The Kier molecular flexibility index (Phi) is 6.96. The molecule has 3 aromatic rings. The maximum Gasteiger partial charge on any atom is 0.416 e. The number of fused-ring (bicyclic) bond motifs is 1. The van der Waals surface area contributed by atoms with Crippen LogP contribution in [0.1, 0.15) is 65.1 Å². The van der Waals surface area contributed by atoms with Crippen molar-refractivity contribution < 1.29 is 23.1 Å². The zero-order chi connectivity index (χ0) is 28.9. The van der Waals surface area contributed by atoms with Crippen molar-refractivity contribution in [1.82, 2.24) is 20.1 Å². The maximum atomic E-state index is 14.2. The number of alkyl halides is 3. The first-order valence-electron chi connectivity index (χ1n) is 13.1. The molecule has 2 heterocycles. The van der Waals surface area contributed by atoms with Gasteiger partial charge in [-0.3, -0.25) is 4.79 Å². The summed E-state index contributed by atoms with van der Waals surface area (Å²) in [6.07, 6.45) is -1.25. The van der Waals surface area contributed by atoms with Gasteiger partial charge in [-0.1, -0.05) is 12.1 Å². The fourth-order valence-corrected chi connectivity index (χ4v) is 5.93. The average Bonchev–Trinajstić information content (AvgIpc) is 3.45. The monoisotopic (exact) mass is 552 g/mol. The number of anilines is 1. The predicted molar refractivity (Wildman–Crippen MR) is 141 cm³/mol. The number of hydrogen-bond donors (Lipinski definition) is 2. The lowest BCUT2D eigenvalue weighted by molar-refractivity contribution is -0.138. The molecule has 0 spiro atoms. The highest BCUT2D eigenvalue weighted by atomic mass is 19.4. The Balaban J connectivity index is 1.52. The van der Waals surface area contributed by atoms with Crippen molar-refractivity contribution in [1.29, 1.82) is 5.26 Å². The van der Waals surface area contributed by atoms with Gasteiger partial charge in [0.2, 0.25) is 0 Å². The Bertz CT molecular complexity index is 1480. The molecule has 0 unspecified atom stereocenters. The molecule has 8 nitrogen and oxygen atoms in total. The fourth-order valence-electron chi connectivity index (χ4n) is 5.93. The maximum absolute atomic E-state index is 14.2. The molecule has 1 aliphatic carbocycles. The van der Waals surface area contributed by atoms with Crippen molar-refractivity contribution in [3.8, 4) is 6.07 Å². The van der Waals surface area contributed by atoms with Gasteiger partial charge in [0.1, 0.15) is 12.2 Å². The molecule has 5 rings (SSSR count). The second-order valence-electron chi connectivity index (χ2n) is 11.3. The first kappa shape index (κ1) is 27.8. The van der Waals surface area contributed by atoms with E-state index in [1.807, 2.05) is 23.7 Å². The third-order valence-corrected chi connectivity index (χ3v) is 8.28. The molecule has 2 N–H and O–H groups in total. The molecule has 1 aromatic heterocycles. The molecule has 1 aliphatic heterocycles. The van der Waals surface area contributed by atoms with Crippen LogP contribution in [0.4, 0.5) is 18.9 Å². The van der Waals surface area contributed by atoms with Gasteiger partial charge in [-0.05, 0) is 67.6 Å². The Hall–Kier alpha value is -3.75. The van der Waals surface area contributed by atoms with Gasteiger partial charge in [0.25, 0.3) is 5.91 Å². The van der Waals surface area contributed by atoms with E-state index in [0.717, 1.165) is 17.5 Å². The second-order valence-corrected chi connectivity index (χ2v) is 11.3. The lowest BCUT2D eigenvalue weighted by Crippen LogP contribution is -2.43. The molecule has 0 saturated heterocycles. The minimum Gasteiger partial charge on any atom is -0.395 e. The number of aryl methyl sites for hydroxylation is 1. The van der Waals surface area contributed by atoms with Crippen molar-refractivity contribution in [2.24, 2.45) is 13.0 Å². The number of rotatable bonds is 8. The molecule has 0 radical (unpaired) electrons. The first-order chi connectivity index (χ1) is 18.9. The van der Waals surface area contributed by atoms with E-state index >= 15 is 0 Å². The number of halogens is 3. The van der Waals surface area contributed by atoms with Crippen LogP contribution in [0.5, 0.6) is 0 Å². The Morgan fingerprint density at radius 3 is 2.60 bits per heavy atom. The number of nitrogens with zero attached hydrogens (tertiary/aromatic N) is 5. The van der Waals surface area contributed by atoms with E-state index in [1.54, 1.807) is 32.3 Å². The SMILES string of the molecule is Cn1cnnc1CC1(c2cccc(N3Cc4c(cc(C(C)(C)NCCO)cc4C(F)(F)F)C3=O)c2)CC(C#N)C1. The van der Waals surface area contributed by atoms with Crippen LogP contribution in [0, 0.1) is 17.2 Å². The standard InChI is InChI=1S/C29H31F3N6O2/c1-27(2,34-7-8-39)20-10-22-23(24(11-20)29(30,31)32)16-38(26(22)40)21-6-4-5-19(9-21)28(12-18(13-28)15-33)14-25-36-35-17-37(25)3/h4-6,9-11,17-18,34,39H,7-8,12-14,16H2,1-3H3. The lowest BCUT2D eigenvalue weighted by atomic mass is 9.57. The number of aliphatic hydroxyl groups is 1. The second kappa shape index (κ2) is 10.0. The summed E-state index contributed by atoms with van der Waals surface area (Å²) in [5.41, 5.74) is -0.421. The van der Waals surface area contributed by atoms with Gasteiger partial charge in [-0.15, -0.1) is 10.2 Å². The number of nitriles is 1. The number of hydrogen-bond acceptors (Lipinski definition) is 6. The molecule has 1 fully saturated rings. The van der Waals surface area contributed by atoms with E-state index in [1.165, 1.54) is 11.0 Å². The number of benzene rings is 2. The minimum atomic E-state index is -4.65. The number of amides is 1. The van der Waals surface area contributed by atoms with Crippen molar-refractivity contribution in [3.05, 3.63) is 76.4 Å². The summed E-state index contributed by atoms with van der Waals surface area (Å²) in [6.45, 7) is 3.26. The van der Waals surface area contributed by atoms with Crippen LogP contribution in [0.2, 0.25) is 0 Å². The topological polar surface area (TPSA) is 107 Å². The zero-order valence-electron chi connectivity index (χ0n) is 22.6. The van der Waals surface area contributed by atoms with Gasteiger partial charge in [-0.2, -0.15) is 18.4 Å². The van der Waals surface area contributed by atoms with Gasteiger partial charge < -0.3 is 19.9 Å². The summed E-state index contributed by atoms with van der Waals surface area (Å²) in [6, 6.07) is 12.3. The van der Waals surface area contributed by atoms with Gasteiger partial charge in [-0.25, -0.2) is 0 Å². The van der Waals surface area contributed by atoms with Crippen molar-refractivity contribution in [3.63, 3.8) is 0 Å². The summed E-state index contributed by atoms with van der Waals surface area (Å²) >= 11 is 0. The van der Waals surface area contributed by atoms with Crippen LogP contribution >= 0.6 is 0 Å². The molecule has 0 atom stereocenters. The molecule has 2 aliphatic rings. The van der Waals surface area contributed by atoms with E-state index in [-0.39, 0.29) is 42.2 Å². The molecule has 11 heteroatoms. The van der Waals surface area contributed by atoms with Crippen molar-refractivity contribution in [2.75, 3.05) is 18.1 Å². The van der Waals surface area contributed by atoms with Crippen LogP contribution in [-0.2, 0) is 37.1 Å². The third kappa shape index (κ3) is 4.86. The van der Waals surface area contributed by atoms with Crippen molar-refractivity contribution >= 4 is 11.6 Å². The molecule has 0 bridgehead atoms. The van der Waals surface area contributed by atoms with Crippen molar-refractivity contribution in [2.45, 2.75) is 56.8 Å². The van der Waals surface area contributed by atoms with E-state index in [9.17, 15) is 28.3 Å². The lowest BCUT2D eigenvalue weighted by Gasteiger charge is -2.45. The van der Waals surface area contributed by atoms with Crippen LogP contribution in [0.25, 0.3) is 0 Å². The van der Waals surface area contributed by atoms with E-state index in [0.29, 0.717) is 30.5 Å². The van der Waals surface area contributed by atoms with Crippen LogP contribution in [0.15, 0.2) is 42.7 Å². The fraction of sp³-hybridized carbons (Fsp3) is 0.448. The smallest absolute Gasteiger partial charge is 0.395 e. The molecular weight excluding hydrogens is 521 g/mol. The van der Waals surface area contributed by atoms with E-state index in [4.69, 9.17) is 0 Å². The largest absolute Gasteiger partial charge is 0.416 e. The minimum absolute atomic E-state index is 0.0242. The highest BCUT2D eigenvalue weighted by molar-refractivity contribution is 6.10. The van der Waals surface area contributed by atoms with E-state index in [2.05, 4.69) is 21.6 Å². The number of aliphatic hydroxyl groups excluding tert-OH is 1. The number of nitrogens with one attached hydrogen (secondary N) is 1. The molecule has 210 valence electrons. The highest BCUT2D eigenvalue weighted by Crippen LogP contribution is 2.50. The third-order valence-electron chi connectivity index (χ3n) is 8.28. The molecular formula is C29H31F3N6O2. The average molecular weight is 553 g/mol. The molecule has 40 heavy (non-hydrogen) atoms. The normalized spacial score (nSPS) is 20.8. The quantitative estimate of drug-likeness (QED) is 0.433. The van der Waals surface area contributed by atoms with Crippen LogP contribution in [0.3, 0.4) is 0 Å². The zero-order valence-corrected chi connectivity index (χ0v) is 22.6. The summed E-state index contributed by atoms with van der Waals surface area (Å²) in [7, 11) is 1.85. The Morgan fingerprint density at radius 1 is 1.23 bits per heavy atom. The van der Waals surface area contributed by atoms with Gasteiger partial charge in [0.15, 0.2) is 0 Å². The summed E-state index contributed by atoms with van der Waals surface area (Å²) in [5, 5.41) is 29.9. The number of carbonyl (C=O) groups is 1. The van der Waals surface area contributed by atoms with Gasteiger partial charge in [0, 0.05) is 48.1 Å². The summed E-state index contributed by atoms with van der Waals surface area (Å²) < 4.78 is 44.6. The molecule has 2 aromatic carbocycles. The summed E-state index contributed by atoms with van der Waals surface area (Å²) in [4.78, 5) is 15.0. The van der Waals surface area contributed by atoms with Crippen LogP contribution < -0.4 is 10.2 Å². The van der Waals surface area contributed by atoms with Gasteiger partial charge >= 0.3 is 6.18 Å². The first-order valence-corrected chi connectivity index (χ1v) is 13.1. The van der Waals surface area contributed by atoms with E-state index < -0.39 is 23.2 Å². The Labute approximate surface area is 230 Å². The van der Waals surface area contributed by atoms with Gasteiger partial charge in [0.05, 0.1) is 24.8 Å². The summed E-state index contributed by atoms with van der Waals surface area (Å²) in [5.74, 6) is 0.166. The molecule has 1 amide bonds. The Morgan fingerprint density at radius 2 is 1.98 bits per heavy atom. The number of aromatic nitrogens is 3. The molecule has 1 saturated carbocycles. The highest BCUT2D eigenvalue weighted by Gasteiger charge is 2.47. The predicted octanol–water partition coefficient (Wildman–Crippen LogP) is 4.23.